The first-order valence-corrected chi connectivity index (χ1v) is 25.3. The Morgan fingerprint density at radius 2 is 1.13 bits per heavy atom. The second-order valence-corrected chi connectivity index (χ2v) is 17.2. The third-order valence-electron chi connectivity index (χ3n) is 11.4. The summed E-state index contributed by atoms with van der Waals surface area (Å²) in [6.07, 6.45) is 28.3. The van der Waals surface area contributed by atoms with E-state index in [1.54, 1.807) is 0 Å². The minimum absolute atomic E-state index is 0.0840. The smallest absolute Gasteiger partial charge is 0.466 e. The van der Waals surface area contributed by atoms with E-state index in [9.17, 15) is 19.2 Å². The number of hydrogen-bond donors (Lipinski definition) is 0. The van der Waals surface area contributed by atoms with E-state index in [1.165, 1.54) is 38.5 Å². The van der Waals surface area contributed by atoms with Crippen molar-refractivity contribution < 1.29 is 52.3 Å². The maximum Gasteiger partial charge on any atom is 0.508 e. The van der Waals surface area contributed by atoms with Gasteiger partial charge in [0.2, 0.25) is 0 Å². The summed E-state index contributed by atoms with van der Waals surface area (Å²) in [6.45, 7) is 15.2. The van der Waals surface area contributed by atoms with E-state index in [2.05, 4.69) is 63.8 Å². The van der Waals surface area contributed by atoms with Crippen molar-refractivity contribution in [2.75, 3.05) is 65.9 Å². The normalized spacial score (nSPS) is 15.5. The molecule has 1 rings (SSSR count). The monoisotopic (exact) mass is 894 g/mol. The Labute approximate surface area is 383 Å². The lowest BCUT2D eigenvalue weighted by molar-refractivity contribution is -0.161. The van der Waals surface area contributed by atoms with E-state index in [0.717, 1.165) is 90.3 Å². The van der Waals surface area contributed by atoms with E-state index < -0.39 is 30.3 Å². The van der Waals surface area contributed by atoms with E-state index in [1.807, 2.05) is 0 Å². The fourth-order valence-corrected chi connectivity index (χ4v) is 7.42. The average Bonchev–Trinajstić information content (AvgIpc) is 3.29. The molecule has 3 unspecified atom stereocenters. The van der Waals surface area contributed by atoms with Crippen LogP contribution < -0.4 is 0 Å². The molecule has 12 heteroatoms. The summed E-state index contributed by atoms with van der Waals surface area (Å²) in [5, 5.41) is 0. The number of nitrogens with zero attached hydrogens (tertiary/aromatic N) is 1. The topological polar surface area (TPSA) is 136 Å². The van der Waals surface area contributed by atoms with Crippen molar-refractivity contribution in [1.82, 2.24) is 4.90 Å². The van der Waals surface area contributed by atoms with E-state index in [0.29, 0.717) is 57.8 Å². The van der Waals surface area contributed by atoms with Crippen LogP contribution >= 0.6 is 0 Å². The summed E-state index contributed by atoms with van der Waals surface area (Å²) in [4.78, 5) is 53.0. The average molecular weight is 894 g/mol. The van der Waals surface area contributed by atoms with Crippen LogP contribution in [0.3, 0.4) is 0 Å². The summed E-state index contributed by atoms with van der Waals surface area (Å²) in [6, 6.07) is 0. The van der Waals surface area contributed by atoms with Crippen LogP contribution in [0.15, 0.2) is 24.3 Å². The van der Waals surface area contributed by atoms with E-state index >= 15 is 0 Å². The fourth-order valence-electron chi connectivity index (χ4n) is 7.42. The lowest BCUT2D eigenvalue weighted by Crippen LogP contribution is -2.37. The molecule has 0 spiro atoms. The third kappa shape index (κ3) is 35.0. The Morgan fingerprint density at radius 1 is 0.556 bits per heavy atom. The molecule has 1 aliphatic rings. The van der Waals surface area contributed by atoms with Crippen molar-refractivity contribution in [2.45, 2.75) is 195 Å². The van der Waals surface area contributed by atoms with Gasteiger partial charge in [-0.3, -0.25) is 14.4 Å². The maximum atomic E-state index is 13.0. The number of esters is 3. The summed E-state index contributed by atoms with van der Waals surface area (Å²) in [5.41, 5.74) is 0. The van der Waals surface area contributed by atoms with E-state index in [-0.39, 0.29) is 51.2 Å². The Kier molecular flexibility index (Phi) is 38.5. The molecule has 0 radical (unpaired) electrons. The van der Waals surface area contributed by atoms with Crippen LogP contribution in [0.1, 0.15) is 189 Å². The molecule has 366 valence electrons. The lowest BCUT2D eigenvalue weighted by Gasteiger charge is -2.31. The highest BCUT2D eigenvalue weighted by Gasteiger charge is 2.23. The van der Waals surface area contributed by atoms with Gasteiger partial charge in [0.1, 0.15) is 19.8 Å². The van der Waals surface area contributed by atoms with Crippen molar-refractivity contribution in [2.24, 2.45) is 17.8 Å². The number of unbranched alkanes of at least 4 members (excludes halogenated alkanes) is 8. The van der Waals surface area contributed by atoms with Gasteiger partial charge in [0, 0.05) is 44.9 Å². The van der Waals surface area contributed by atoms with Crippen LogP contribution in [-0.2, 0) is 47.5 Å². The summed E-state index contributed by atoms with van der Waals surface area (Å²) in [5.74, 6) is -0.749. The molecule has 1 saturated heterocycles. The van der Waals surface area contributed by atoms with Crippen LogP contribution in [0.2, 0.25) is 0 Å². The number of carbonyl (C=O) groups is 4. The molecule has 3 atom stereocenters. The Bertz CT molecular complexity index is 1160. The third-order valence-corrected chi connectivity index (χ3v) is 11.4. The Hall–Kier alpha value is -2.96. The lowest BCUT2D eigenvalue weighted by atomic mass is 9.93. The highest BCUT2D eigenvalue weighted by Crippen LogP contribution is 2.21. The predicted molar refractivity (Wildman–Crippen MR) is 250 cm³/mol. The second-order valence-electron chi connectivity index (χ2n) is 17.2. The Balaban J connectivity index is 2.62. The number of ether oxygens (including phenoxy) is 7. The molecule has 1 aliphatic heterocycles. The van der Waals surface area contributed by atoms with Crippen molar-refractivity contribution in [3.63, 3.8) is 0 Å². The molecule has 0 N–H and O–H groups in total. The van der Waals surface area contributed by atoms with Gasteiger partial charge in [-0.05, 0) is 102 Å². The molecule has 0 amide bonds. The van der Waals surface area contributed by atoms with Gasteiger partial charge in [0.25, 0.3) is 0 Å². The maximum absolute atomic E-state index is 13.0. The largest absolute Gasteiger partial charge is 0.508 e. The molecular formula is C51H91NO11. The summed E-state index contributed by atoms with van der Waals surface area (Å²) >= 11 is 0. The van der Waals surface area contributed by atoms with Crippen LogP contribution in [0, 0.1) is 17.8 Å². The van der Waals surface area contributed by atoms with Crippen LogP contribution in [-0.4, -0.2) is 101 Å². The van der Waals surface area contributed by atoms with Gasteiger partial charge in [-0.2, -0.15) is 0 Å². The standard InChI is InChI=1S/C51H91NO11/c1-6-11-15-17-19-24-36-58-50(59-37-25-20-18-16-12-7-2)33-32-49(55)61-42-46(43-63-51(56)62-40-45-29-26-35-52(10-5)39-45)41-60-48(54)31-23-21-22-30-47(53)57-38-34-44(27-13-8-3)28-14-9-4/h11-12,15-16,44-46,50H,6-10,13-14,17-43H2,1-5H3/b15-11-,16-12?. The van der Waals surface area contributed by atoms with Gasteiger partial charge in [0.15, 0.2) is 6.29 Å². The minimum Gasteiger partial charge on any atom is -0.466 e. The number of piperidine rings is 1. The zero-order chi connectivity index (χ0) is 46.0. The molecule has 0 saturated carbocycles. The second kappa shape index (κ2) is 41.7. The molecule has 0 aromatic rings. The van der Waals surface area contributed by atoms with Gasteiger partial charge in [-0.25, -0.2) is 4.79 Å². The highest BCUT2D eigenvalue weighted by molar-refractivity contribution is 5.70. The quantitative estimate of drug-likeness (QED) is 0.0190. The van der Waals surface area contributed by atoms with Gasteiger partial charge in [0.05, 0.1) is 25.6 Å². The molecule has 0 aliphatic carbocycles. The molecule has 63 heavy (non-hydrogen) atoms. The number of allylic oxidation sites excluding steroid dienone is 4. The number of likely N-dealkylation sites (tertiary alicyclic amines) is 1. The van der Waals surface area contributed by atoms with Gasteiger partial charge < -0.3 is 38.1 Å². The van der Waals surface area contributed by atoms with Crippen molar-refractivity contribution in [3.8, 4) is 0 Å². The van der Waals surface area contributed by atoms with E-state index in [4.69, 9.17) is 33.2 Å². The SMILES string of the molecule is CCC=CCCCCOC(CCC(=O)OCC(COC(=O)CCCCCC(=O)OCCC(CCCC)CCCC)COC(=O)OCC1CCCN(CC)C1)OCCCC/C=C\CC. The first-order valence-electron chi connectivity index (χ1n) is 25.3. The fraction of sp³-hybridized carbons (Fsp3) is 0.843. The van der Waals surface area contributed by atoms with Gasteiger partial charge in [-0.15, -0.1) is 0 Å². The number of rotatable bonds is 41. The molecule has 12 nitrogen and oxygen atoms in total. The number of hydrogen-bond acceptors (Lipinski definition) is 12. The van der Waals surface area contributed by atoms with Crippen molar-refractivity contribution in [3.05, 3.63) is 24.3 Å². The summed E-state index contributed by atoms with van der Waals surface area (Å²) < 4.78 is 39.7. The molecular weight excluding hydrogens is 803 g/mol. The zero-order valence-electron chi connectivity index (χ0n) is 40.6. The van der Waals surface area contributed by atoms with Crippen LogP contribution in [0.4, 0.5) is 4.79 Å². The van der Waals surface area contributed by atoms with Gasteiger partial charge >= 0.3 is 24.1 Å². The molecule has 0 bridgehead atoms. The highest BCUT2D eigenvalue weighted by atomic mass is 16.7. The first kappa shape index (κ1) is 58.1. The first-order chi connectivity index (χ1) is 30.7. The number of carbonyl (C=O) groups excluding carboxylic acids is 4. The van der Waals surface area contributed by atoms with Gasteiger partial charge in [-0.1, -0.05) is 104 Å². The van der Waals surface area contributed by atoms with Crippen molar-refractivity contribution in [1.29, 1.82) is 0 Å². The molecule has 1 fully saturated rings. The minimum atomic E-state index is -0.794. The zero-order valence-corrected chi connectivity index (χ0v) is 40.6. The molecule has 0 aromatic heterocycles. The Morgan fingerprint density at radius 3 is 1.70 bits per heavy atom. The van der Waals surface area contributed by atoms with Crippen molar-refractivity contribution >= 4 is 24.1 Å². The van der Waals surface area contributed by atoms with Crippen LogP contribution in [0.25, 0.3) is 0 Å². The molecule has 0 aromatic carbocycles. The van der Waals surface area contributed by atoms with Crippen LogP contribution in [0.5, 0.6) is 0 Å². The summed E-state index contributed by atoms with van der Waals surface area (Å²) in [7, 11) is 0. The molecule has 1 heterocycles. The predicted octanol–water partition coefficient (Wildman–Crippen LogP) is 11.9.